The molecule has 1 heterocycles. The molecule has 0 bridgehead atoms. The number of carbonyl (C=O) groups is 2. The molecular formula is C18H24ClNO5. The van der Waals surface area contributed by atoms with Gasteiger partial charge in [0.2, 0.25) is 0 Å². The predicted octanol–water partition coefficient (Wildman–Crippen LogP) is 3.06. The van der Waals surface area contributed by atoms with Gasteiger partial charge in [0, 0.05) is 5.02 Å². The van der Waals surface area contributed by atoms with Crippen molar-refractivity contribution in [2.24, 2.45) is 0 Å². The maximum absolute atomic E-state index is 12.6. The van der Waals surface area contributed by atoms with Gasteiger partial charge in [0.15, 0.2) is 6.10 Å². The van der Waals surface area contributed by atoms with E-state index in [4.69, 9.17) is 25.8 Å². The number of halogens is 1. The molecule has 0 spiro atoms. The van der Waals surface area contributed by atoms with Gasteiger partial charge in [0.1, 0.15) is 5.60 Å². The summed E-state index contributed by atoms with van der Waals surface area (Å²) in [5, 5.41) is 0.651. The number of amides is 1. The van der Waals surface area contributed by atoms with Crippen LogP contribution < -0.4 is 0 Å². The van der Waals surface area contributed by atoms with E-state index >= 15 is 0 Å². The molecule has 0 radical (unpaired) electrons. The monoisotopic (exact) mass is 369 g/mol. The highest BCUT2D eigenvalue weighted by Gasteiger charge is 2.38. The molecule has 1 aromatic carbocycles. The molecule has 0 aliphatic carbocycles. The molecule has 1 fully saturated rings. The van der Waals surface area contributed by atoms with Gasteiger partial charge in [-0.1, -0.05) is 23.7 Å². The molecule has 1 unspecified atom stereocenters. The van der Waals surface area contributed by atoms with E-state index in [1.54, 1.807) is 37.8 Å². The van der Waals surface area contributed by atoms with Gasteiger partial charge < -0.3 is 14.2 Å². The van der Waals surface area contributed by atoms with Crippen LogP contribution in [0.4, 0.5) is 4.79 Å². The molecule has 7 heteroatoms. The minimum absolute atomic E-state index is 0.0971. The van der Waals surface area contributed by atoms with Gasteiger partial charge in [-0.25, -0.2) is 9.59 Å². The first-order chi connectivity index (χ1) is 11.7. The summed E-state index contributed by atoms with van der Waals surface area (Å²) in [4.78, 5) is 25.9. The van der Waals surface area contributed by atoms with E-state index < -0.39 is 23.8 Å². The second-order valence-corrected chi connectivity index (χ2v) is 7.40. The molecule has 2 atom stereocenters. The topological polar surface area (TPSA) is 65.1 Å². The van der Waals surface area contributed by atoms with Crippen LogP contribution in [0.3, 0.4) is 0 Å². The Morgan fingerprint density at radius 1 is 1.28 bits per heavy atom. The van der Waals surface area contributed by atoms with Crippen molar-refractivity contribution in [3.63, 3.8) is 0 Å². The molecule has 1 amide bonds. The molecule has 0 aromatic heterocycles. The number of hydrogen-bond acceptors (Lipinski definition) is 5. The SMILES string of the molecule is COC(=O)[C@H]1CN(C(=O)OC(C)(C)C)C(Cc2ccc(Cl)cc2)CO1. The number of esters is 1. The molecule has 0 N–H and O–H groups in total. The van der Waals surface area contributed by atoms with Crippen LogP contribution in [-0.2, 0) is 25.4 Å². The summed E-state index contributed by atoms with van der Waals surface area (Å²) < 4.78 is 15.8. The normalized spacial score (nSPS) is 20.9. The highest BCUT2D eigenvalue weighted by Crippen LogP contribution is 2.21. The summed E-state index contributed by atoms with van der Waals surface area (Å²) in [5.41, 5.74) is 0.393. The zero-order valence-electron chi connectivity index (χ0n) is 15.0. The fraction of sp³-hybridized carbons (Fsp3) is 0.556. The molecule has 1 aromatic rings. The second kappa shape index (κ2) is 8.06. The van der Waals surface area contributed by atoms with Crippen molar-refractivity contribution in [1.82, 2.24) is 4.90 Å². The number of morpholine rings is 1. The molecule has 0 saturated carbocycles. The third-order valence-electron chi connectivity index (χ3n) is 3.77. The molecule has 6 nitrogen and oxygen atoms in total. The van der Waals surface area contributed by atoms with Crippen LogP contribution in [0.1, 0.15) is 26.3 Å². The van der Waals surface area contributed by atoms with Crippen molar-refractivity contribution in [2.75, 3.05) is 20.3 Å². The Morgan fingerprint density at radius 3 is 2.48 bits per heavy atom. The van der Waals surface area contributed by atoms with Gasteiger partial charge in [-0.2, -0.15) is 0 Å². The number of rotatable bonds is 3. The Kier molecular flexibility index (Phi) is 6.30. The Morgan fingerprint density at radius 2 is 1.92 bits per heavy atom. The molecule has 1 saturated heterocycles. The molecule has 1 aliphatic rings. The van der Waals surface area contributed by atoms with E-state index in [-0.39, 0.29) is 19.2 Å². The maximum Gasteiger partial charge on any atom is 0.410 e. The first kappa shape index (κ1) is 19.5. The second-order valence-electron chi connectivity index (χ2n) is 6.96. The van der Waals surface area contributed by atoms with E-state index in [2.05, 4.69) is 0 Å². The average molecular weight is 370 g/mol. The average Bonchev–Trinajstić information content (AvgIpc) is 2.55. The van der Waals surface area contributed by atoms with Gasteiger partial charge in [0.05, 0.1) is 26.3 Å². The first-order valence-corrected chi connectivity index (χ1v) is 8.51. The lowest BCUT2D eigenvalue weighted by Crippen LogP contribution is -2.56. The largest absolute Gasteiger partial charge is 0.467 e. The molecule has 2 rings (SSSR count). The van der Waals surface area contributed by atoms with E-state index in [0.717, 1.165) is 5.56 Å². The molecule has 1 aliphatic heterocycles. The van der Waals surface area contributed by atoms with Crippen LogP contribution in [0.15, 0.2) is 24.3 Å². The summed E-state index contributed by atoms with van der Waals surface area (Å²) in [5.74, 6) is -0.501. The van der Waals surface area contributed by atoms with Gasteiger partial charge in [-0.15, -0.1) is 0 Å². The summed E-state index contributed by atoms with van der Waals surface area (Å²) in [6.07, 6.45) is -0.702. The quantitative estimate of drug-likeness (QED) is 0.766. The van der Waals surface area contributed by atoms with Crippen molar-refractivity contribution < 1.29 is 23.8 Å². The van der Waals surface area contributed by atoms with Crippen LogP contribution in [0, 0.1) is 0 Å². The number of benzene rings is 1. The van der Waals surface area contributed by atoms with Crippen molar-refractivity contribution in [1.29, 1.82) is 0 Å². The summed E-state index contributed by atoms with van der Waals surface area (Å²) in [6, 6.07) is 7.17. The van der Waals surface area contributed by atoms with Crippen molar-refractivity contribution in [2.45, 2.75) is 44.9 Å². The maximum atomic E-state index is 12.6. The minimum Gasteiger partial charge on any atom is -0.467 e. The summed E-state index contributed by atoms with van der Waals surface area (Å²) in [6.45, 7) is 5.73. The number of carbonyl (C=O) groups excluding carboxylic acids is 2. The van der Waals surface area contributed by atoms with E-state index in [0.29, 0.717) is 11.4 Å². The van der Waals surface area contributed by atoms with Gasteiger partial charge in [-0.05, 0) is 44.9 Å². The van der Waals surface area contributed by atoms with Crippen molar-refractivity contribution >= 4 is 23.7 Å². The fourth-order valence-electron chi connectivity index (χ4n) is 2.58. The predicted molar refractivity (Wildman–Crippen MR) is 93.6 cm³/mol. The van der Waals surface area contributed by atoms with Crippen molar-refractivity contribution in [3.8, 4) is 0 Å². The Labute approximate surface area is 153 Å². The number of ether oxygens (including phenoxy) is 3. The molecular weight excluding hydrogens is 346 g/mol. The number of nitrogens with zero attached hydrogens (tertiary/aromatic N) is 1. The fourth-order valence-corrected chi connectivity index (χ4v) is 2.70. The zero-order valence-corrected chi connectivity index (χ0v) is 15.7. The standard InChI is InChI=1S/C18H24ClNO5/c1-18(2,3)25-17(22)20-10-15(16(21)23-4)24-11-14(20)9-12-5-7-13(19)8-6-12/h5-8,14-15H,9-11H2,1-4H3/t14?,15-/m1/s1. The van der Waals surface area contributed by atoms with Crippen LogP contribution in [-0.4, -0.2) is 55.0 Å². The Balaban J connectivity index is 2.15. The summed E-state index contributed by atoms with van der Waals surface area (Å²) >= 11 is 5.92. The smallest absolute Gasteiger partial charge is 0.410 e. The van der Waals surface area contributed by atoms with Crippen LogP contribution in [0.25, 0.3) is 0 Å². The minimum atomic E-state index is -0.806. The lowest BCUT2D eigenvalue weighted by Gasteiger charge is -2.39. The van der Waals surface area contributed by atoms with Crippen LogP contribution >= 0.6 is 11.6 Å². The first-order valence-electron chi connectivity index (χ1n) is 8.13. The summed E-state index contributed by atoms with van der Waals surface area (Å²) in [7, 11) is 1.29. The van der Waals surface area contributed by atoms with Gasteiger partial charge in [0.25, 0.3) is 0 Å². The third kappa shape index (κ3) is 5.61. The lowest BCUT2D eigenvalue weighted by atomic mass is 10.0. The van der Waals surface area contributed by atoms with E-state index in [1.165, 1.54) is 7.11 Å². The zero-order chi connectivity index (χ0) is 18.6. The number of hydrogen-bond donors (Lipinski definition) is 0. The van der Waals surface area contributed by atoms with E-state index in [9.17, 15) is 9.59 Å². The number of methoxy groups -OCH3 is 1. The van der Waals surface area contributed by atoms with E-state index in [1.807, 2.05) is 12.1 Å². The van der Waals surface area contributed by atoms with Gasteiger partial charge in [-0.3, -0.25) is 4.90 Å². The highest BCUT2D eigenvalue weighted by atomic mass is 35.5. The molecule has 25 heavy (non-hydrogen) atoms. The van der Waals surface area contributed by atoms with Crippen molar-refractivity contribution in [3.05, 3.63) is 34.9 Å². The molecule has 138 valence electrons. The van der Waals surface area contributed by atoms with Gasteiger partial charge >= 0.3 is 12.1 Å². The highest BCUT2D eigenvalue weighted by molar-refractivity contribution is 6.30. The van der Waals surface area contributed by atoms with Crippen LogP contribution in [0.2, 0.25) is 5.02 Å². The Bertz CT molecular complexity index is 611. The lowest BCUT2D eigenvalue weighted by molar-refractivity contribution is -0.162. The third-order valence-corrected chi connectivity index (χ3v) is 4.02. The van der Waals surface area contributed by atoms with Crippen LogP contribution in [0.5, 0.6) is 0 Å². The Hall–Kier alpha value is -1.79.